The molecule has 1 aromatic carbocycles. The number of piperidine rings is 1. The lowest BCUT2D eigenvalue weighted by molar-refractivity contribution is -0.118. The summed E-state index contributed by atoms with van der Waals surface area (Å²) in [6.07, 6.45) is 2.67. The van der Waals surface area contributed by atoms with Gasteiger partial charge in [-0.3, -0.25) is 9.59 Å². The van der Waals surface area contributed by atoms with Crippen LogP contribution in [0.5, 0.6) is 0 Å². The summed E-state index contributed by atoms with van der Waals surface area (Å²) in [6, 6.07) is 7.79. The van der Waals surface area contributed by atoms with Crippen molar-refractivity contribution in [2.75, 3.05) is 19.6 Å². The maximum atomic E-state index is 12.6. The van der Waals surface area contributed by atoms with Crippen LogP contribution in [0.15, 0.2) is 29.6 Å². The van der Waals surface area contributed by atoms with E-state index in [0.29, 0.717) is 12.5 Å². The number of thiazole rings is 1. The van der Waals surface area contributed by atoms with Gasteiger partial charge in [-0.05, 0) is 31.9 Å². The highest BCUT2D eigenvalue weighted by atomic mass is 32.1. The third kappa shape index (κ3) is 4.69. The van der Waals surface area contributed by atoms with Gasteiger partial charge in [0, 0.05) is 49.8 Å². The SMILES string of the molecule is CC(=O)NCCc1csc(C2CCN(C(=O)c3ccc(C)cc3)CC2)n1. The number of aryl methyl sites for hydroxylation is 1. The molecule has 0 unspecified atom stereocenters. The Kier molecular flexibility index (Phi) is 6.04. The number of nitrogens with one attached hydrogen (secondary N) is 1. The highest BCUT2D eigenvalue weighted by Crippen LogP contribution is 2.31. The van der Waals surface area contributed by atoms with Crippen molar-refractivity contribution in [1.82, 2.24) is 15.2 Å². The van der Waals surface area contributed by atoms with E-state index < -0.39 is 0 Å². The molecule has 0 radical (unpaired) electrons. The van der Waals surface area contributed by atoms with Crippen LogP contribution in [0.25, 0.3) is 0 Å². The number of carbonyl (C=O) groups excluding carboxylic acids is 2. The number of aromatic nitrogens is 1. The number of hydrogen-bond acceptors (Lipinski definition) is 4. The van der Waals surface area contributed by atoms with Crippen molar-refractivity contribution in [3.63, 3.8) is 0 Å². The Morgan fingerprint density at radius 2 is 1.92 bits per heavy atom. The fourth-order valence-electron chi connectivity index (χ4n) is 3.20. The number of likely N-dealkylation sites (tertiary alicyclic amines) is 1. The van der Waals surface area contributed by atoms with Gasteiger partial charge in [-0.15, -0.1) is 11.3 Å². The molecule has 1 aliphatic heterocycles. The maximum absolute atomic E-state index is 12.6. The minimum absolute atomic E-state index is 0.00827. The minimum Gasteiger partial charge on any atom is -0.356 e. The molecule has 1 aromatic heterocycles. The fourth-order valence-corrected chi connectivity index (χ4v) is 4.23. The summed E-state index contributed by atoms with van der Waals surface area (Å²) >= 11 is 1.70. The van der Waals surface area contributed by atoms with E-state index >= 15 is 0 Å². The summed E-state index contributed by atoms with van der Waals surface area (Å²) < 4.78 is 0. The average Bonchev–Trinajstić information content (AvgIpc) is 3.10. The lowest BCUT2D eigenvalue weighted by atomic mass is 9.97. The average molecular weight is 372 g/mol. The number of rotatable bonds is 5. The molecule has 26 heavy (non-hydrogen) atoms. The van der Waals surface area contributed by atoms with Crippen LogP contribution in [0.2, 0.25) is 0 Å². The predicted molar refractivity (Wildman–Crippen MR) is 104 cm³/mol. The summed E-state index contributed by atoms with van der Waals surface area (Å²) in [5.74, 6) is 0.543. The lowest BCUT2D eigenvalue weighted by Gasteiger charge is -2.31. The van der Waals surface area contributed by atoms with Gasteiger partial charge in [0.15, 0.2) is 0 Å². The van der Waals surface area contributed by atoms with Crippen molar-refractivity contribution in [2.24, 2.45) is 0 Å². The van der Waals surface area contributed by atoms with Crippen LogP contribution in [0.3, 0.4) is 0 Å². The van der Waals surface area contributed by atoms with E-state index in [0.717, 1.165) is 48.6 Å². The van der Waals surface area contributed by atoms with E-state index in [-0.39, 0.29) is 11.8 Å². The van der Waals surface area contributed by atoms with E-state index in [1.165, 1.54) is 12.5 Å². The highest BCUT2D eigenvalue weighted by Gasteiger charge is 2.26. The topological polar surface area (TPSA) is 62.3 Å². The largest absolute Gasteiger partial charge is 0.356 e. The molecule has 2 amide bonds. The van der Waals surface area contributed by atoms with Crippen molar-refractivity contribution in [2.45, 2.75) is 39.0 Å². The number of carbonyl (C=O) groups is 2. The molecule has 0 atom stereocenters. The summed E-state index contributed by atoms with van der Waals surface area (Å²) in [6.45, 7) is 5.73. The van der Waals surface area contributed by atoms with Crippen molar-refractivity contribution in [1.29, 1.82) is 0 Å². The Bertz CT molecular complexity index is 762. The van der Waals surface area contributed by atoms with Crippen LogP contribution in [-0.2, 0) is 11.2 Å². The van der Waals surface area contributed by atoms with Gasteiger partial charge in [-0.1, -0.05) is 17.7 Å². The molecule has 5 nitrogen and oxygen atoms in total. The summed E-state index contributed by atoms with van der Waals surface area (Å²) in [7, 11) is 0. The predicted octanol–water partition coefficient (Wildman–Crippen LogP) is 3.15. The van der Waals surface area contributed by atoms with E-state index in [9.17, 15) is 9.59 Å². The number of nitrogens with zero attached hydrogens (tertiary/aromatic N) is 2. The van der Waals surface area contributed by atoms with E-state index in [1.807, 2.05) is 36.1 Å². The minimum atomic E-state index is -0.00827. The number of hydrogen-bond donors (Lipinski definition) is 1. The van der Waals surface area contributed by atoms with Gasteiger partial charge >= 0.3 is 0 Å². The summed E-state index contributed by atoms with van der Waals surface area (Å²) in [4.78, 5) is 30.2. The van der Waals surface area contributed by atoms with Gasteiger partial charge in [-0.25, -0.2) is 4.98 Å². The molecule has 138 valence electrons. The molecule has 0 spiro atoms. The molecule has 0 aliphatic carbocycles. The normalized spacial score (nSPS) is 15.1. The lowest BCUT2D eigenvalue weighted by Crippen LogP contribution is -2.37. The summed E-state index contributed by atoms with van der Waals surface area (Å²) in [5.41, 5.74) is 2.97. The first-order valence-electron chi connectivity index (χ1n) is 9.07. The monoisotopic (exact) mass is 371 g/mol. The van der Waals surface area contributed by atoms with Crippen molar-refractivity contribution < 1.29 is 9.59 Å². The van der Waals surface area contributed by atoms with Gasteiger partial charge in [-0.2, -0.15) is 0 Å². The van der Waals surface area contributed by atoms with E-state index in [4.69, 9.17) is 4.98 Å². The zero-order chi connectivity index (χ0) is 18.5. The zero-order valence-corrected chi connectivity index (χ0v) is 16.1. The molecule has 3 rings (SSSR count). The molecular formula is C20H25N3O2S. The Hall–Kier alpha value is -2.21. The first-order valence-corrected chi connectivity index (χ1v) is 9.95. The Morgan fingerprint density at radius 3 is 2.58 bits per heavy atom. The fraction of sp³-hybridized carbons (Fsp3) is 0.450. The van der Waals surface area contributed by atoms with Crippen LogP contribution in [0.4, 0.5) is 0 Å². The van der Waals surface area contributed by atoms with E-state index in [2.05, 4.69) is 10.7 Å². The second-order valence-corrected chi connectivity index (χ2v) is 7.73. The van der Waals surface area contributed by atoms with Crippen LogP contribution in [-0.4, -0.2) is 41.3 Å². The molecule has 2 heterocycles. The van der Waals surface area contributed by atoms with Crippen LogP contribution < -0.4 is 5.32 Å². The molecule has 6 heteroatoms. The molecule has 1 fully saturated rings. The van der Waals surface area contributed by atoms with Crippen molar-refractivity contribution in [3.8, 4) is 0 Å². The van der Waals surface area contributed by atoms with Gasteiger partial charge < -0.3 is 10.2 Å². The number of amides is 2. The van der Waals surface area contributed by atoms with Crippen LogP contribution in [0, 0.1) is 6.92 Å². The maximum Gasteiger partial charge on any atom is 0.253 e. The smallest absolute Gasteiger partial charge is 0.253 e. The zero-order valence-electron chi connectivity index (χ0n) is 15.3. The Labute approximate surface area is 158 Å². The third-order valence-corrected chi connectivity index (χ3v) is 5.81. The third-order valence-electron chi connectivity index (χ3n) is 4.75. The van der Waals surface area contributed by atoms with Gasteiger partial charge in [0.2, 0.25) is 5.91 Å². The molecule has 0 saturated carbocycles. The molecular weight excluding hydrogens is 346 g/mol. The number of benzene rings is 1. The van der Waals surface area contributed by atoms with Gasteiger partial charge in [0.05, 0.1) is 10.7 Å². The standard InChI is InChI=1S/C20H25N3O2S/c1-14-3-5-17(6-4-14)20(25)23-11-8-16(9-12-23)19-22-18(13-26-19)7-10-21-15(2)24/h3-6,13,16H,7-12H2,1-2H3,(H,21,24). The first-order chi connectivity index (χ1) is 12.5. The molecule has 1 aliphatic rings. The Balaban J connectivity index is 1.52. The van der Waals surface area contributed by atoms with Crippen LogP contribution >= 0.6 is 11.3 Å². The first kappa shape index (κ1) is 18.6. The molecule has 0 bridgehead atoms. The van der Waals surface area contributed by atoms with Gasteiger partial charge in [0.1, 0.15) is 0 Å². The highest BCUT2D eigenvalue weighted by molar-refractivity contribution is 7.09. The van der Waals surface area contributed by atoms with Crippen molar-refractivity contribution in [3.05, 3.63) is 51.5 Å². The summed E-state index contributed by atoms with van der Waals surface area (Å²) in [5, 5.41) is 6.04. The van der Waals surface area contributed by atoms with Gasteiger partial charge in [0.25, 0.3) is 5.91 Å². The van der Waals surface area contributed by atoms with E-state index in [1.54, 1.807) is 11.3 Å². The second kappa shape index (κ2) is 8.45. The molecule has 1 N–H and O–H groups in total. The van der Waals surface area contributed by atoms with Crippen LogP contribution in [0.1, 0.15) is 52.3 Å². The molecule has 2 aromatic rings. The quantitative estimate of drug-likeness (QED) is 0.878. The van der Waals surface area contributed by atoms with Crippen molar-refractivity contribution >= 4 is 23.2 Å². The second-order valence-electron chi connectivity index (χ2n) is 6.84. The Morgan fingerprint density at radius 1 is 1.23 bits per heavy atom. The molecule has 1 saturated heterocycles.